The highest BCUT2D eigenvalue weighted by Crippen LogP contribution is 2.45. The number of nitrogens with one attached hydrogen (secondary N) is 1. The minimum atomic E-state index is 0.555. The topological polar surface area (TPSA) is 12.0 Å². The molecule has 1 nitrogen and oxygen atoms in total. The molecule has 1 N–H and O–H groups in total. The molecule has 1 aromatic carbocycles. The monoisotopic (exact) mass is 221 g/mol. The molecule has 2 unspecified atom stereocenters. The maximum atomic E-state index is 3.61. The molecule has 15 heavy (non-hydrogen) atoms. The van der Waals surface area contributed by atoms with Gasteiger partial charge in [0.2, 0.25) is 0 Å². The third kappa shape index (κ3) is 2.06. The molecule has 1 aliphatic rings. The molecule has 1 heterocycles. The summed E-state index contributed by atoms with van der Waals surface area (Å²) in [6.07, 6.45) is 1.23. The van der Waals surface area contributed by atoms with Gasteiger partial charge in [-0.3, -0.25) is 0 Å². The van der Waals surface area contributed by atoms with Crippen molar-refractivity contribution in [3.63, 3.8) is 0 Å². The zero-order valence-corrected chi connectivity index (χ0v) is 10.5. The van der Waals surface area contributed by atoms with Crippen LogP contribution in [0.3, 0.4) is 0 Å². The first-order chi connectivity index (χ1) is 7.26. The summed E-state index contributed by atoms with van der Waals surface area (Å²) in [5.74, 6) is 0. The lowest BCUT2D eigenvalue weighted by Gasteiger charge is -2.18. The zero-order chi connectivity index (χ0) is 10.8. The molecule has 82 valence electrons. The summed E-state index contributed by atoms with van der Waals surface area (Å²) in [6, 6.07) is 7.38. The average molecular weight is 221 g/mol. The van der Waals surface area contributed by atoms with E-state index in [1.807, 2.05) is 11.8 Å². The molecule has 2 heteroatoms. The molecular formula is C13H19NS. The Balaban J connectivity index is 2.32. The van der Waals surface area contributed by atoms with Crippen LogP contribution >= 0.6 is 11.8 Å². The van der Waals surface area contributed by atoms with Crippen LogP contribution in [-0.4, -0.2) is 11.8 Å². The van der Waals surface area contributed by atoms with Crippen LogP contribution in [0.4, 0.5) is 0 Å². The molecule has 0 aliphatic carbocycles. The van der Waals surface area contributed by atoms with Crippen molar-refractivity contribution < 1.29 is 0 Å². The van der Waals surface area contributed by atoms with E-state index >= 15 is 0 Å². The number of benzene rings is 1. The summed E-state index contributed by atoms with van der Waals surface area (Å²) in [4.78, 5) is 1.47. The van der Waals surface area contributed by atoms with Crippen LogP contribution in [0.5, 0.6) is 0 Å². The van der Waals surface area contributed by atoms with Crippen molar-refractivity contribution in [2.24, 2.45) is 0 Å². The number of rotatable bonds is 3. The fraction of sp³-hybridized carbons (Fsp3) is 0.538. The van der Waals surface area contributed by atoms with E-state index in [0.29, 0.717) is 11.3 Å². The summed E-state index contributed by atoms with van der Waals surface area (Å²) in [5.41, 5.74) is 2.88. The number of aryl methyl sites for hydroxylation is 1. The Labute approximate surface area is 96.7 Å². The second kappa shape index (κ2) is 4.58. The Morgan fingerprint density at radius 2 is 2.13 bits per heavy atom. The first kappa shape index (κ1) is 11.0. The van der Waals surface area contributed by atoms with Crippen molar-refractivity contribution in [2.75, 3.05) is 6.54 Å². The van der Waals surface area contributed by atoms with Crippen LogP contribution < -0.4 is 5.32 Å². The van der Waals surface area contributed by atoms with Crippen molar-refractivity contribution in [3.05, 3.63) is 29.3 Å². The van der Waals surface area contributed by atoms with Crippen molar-refractivity contribution in [2.45, 2.75) is 43.4 Å². The van der Waals surface area contributed by atoms with E-state index in [4.69, 9.17) is 0 Å². The van der Waals surface area contributed by atoms with Crippen LogP contribution in [0.15, 0.2) is 23.1 Å². The Morgan fingerprint density at radius 1 is 1.33 bits per heavy atom. The molecule has 0 fully saturated rings. The van der Waals surface area contributed by atoms with Crippen LogP contribution in [0.2, 0.25) is 0 Å². The summed E-state index contributed by atoms with van der Waals surface area (Å²) in [6.45, 7) is 7.69. The van der Waals surface area contributed by atoms with Crippen molar-refractivity contribution in [1.82, 2.24) is 5.32 Å². The molecule has 0 amide bonds. The highest BCUT2D eigenvalue weighted by Gasteiger charge is 2.31. The molecule has 2 atom stereocenters. The molecule has 0 aromatic heterocycles. The van der Waals surface area contributed by atoms with Crippen LogP contribution in [-0.2, 0) is 0 Å². The van der Waals surface area contributed by atoms with Gasteiger partial charge in [0.1, 0.15) is 0 Å². The minimum Gasteiger partial charge on any atom is -0.309 e. The van der Waals surface area contributed by atoms with E-state index in [0.717, 1.165) is 6.54 Å². The quantitative estimate of drug-likeness (QED) is 0.838. The molecular weight excluding hydrogens is 202 g/mol. The standard InChI is InChI=1S/C13H19NS/c1-4-11-13(14-5-2)10-8-9(3)6-7-12(10)15-11/h6-8,11,13-14H,4-5H2,1-3H3. The lowest BCUT2D eigenvalue weighted by atomic mass is 10.0. The summed E-state index contributed by atoms with van der Waals surface area (Å²) in [5, 5.41) is 4.32. The second-order valence-electron chi connectivity index (χ2n) is 4.14. The van der Waals surface area contributed by atoms with E-state index in [9.17, 15) is 0 Å². The average Bonchev–Trinajstić information content (AvgIpc) is 2.57. The van der Waals surface area contributed by atoms with Gasteiger partial charge < -0.3 is 5.32 Å². The van der Waals surface area contributed by atoms with Crippen molar-refractivity contribution >= 4 is 11.8 Å². The molecule has 0 saturated heterocycles. The van der Waals surface area contributed by atoms with Gasteiger partial charge in [-0.05, 0) is 31.5 Å². The van der Waals surface area contributed by atoms with E-state index in [1.54, 1.807) is 0 Å². The highest BCUT2D eigenvalue weighted by atomic mass is 32.2. The van der Waals surface area contributed by atoms with Gasteiger partial charge in [-0.1, -0.05) is 31.5 Å². The number of fused-ring (bicyclic) bond motifs is 1. The maximum Gasteiger partial charge on any atom is 0.0455 e. The third-order valence-electron chi connectivity index (χ3n) is 2.98. The van der Waals surface area contributed by atoms with Gasteiger partial charge in [0.05, 0.1) is 0 Å². The van der Waals surface area contributed by atoms with Crippen LogP contribution in [0.25, 0.3) is 0 Å². The van der Waals surface area contributed by atoms with Crippen LogP contribution in [0.1, 0.15) is 37.4 Å². The fourth-order valence-electron chi connectivity index (χ4n) is 2.23. The van der Waals surface area contributed by atoms with E-state index in [1.165, 1.54) is 22.4 Å². The first-order valence-corrected chi connectivity index (χ1v) is 6.64. The number of thioether (sulfide) groups is 1. The lowest BCUT2D eigenvalue weighted by Crippen LogP contribution is -2.26. The third-order valence-corrected chi connectivity index (χ3v) is 4.51. The van der Waals surface area contributed by atoms with Crippen molar-refractivity contribution in [3.8, 4) is 0 Å². The highest BCUT2D eigenvalue weighted by molar-refractivity contribution is 8.00. The van der Waals surface area contributed by atoms with Gasteiger partial charge in [-0.15, -0.1) is 11.8 Å². The molecule has 0 bridgehead atoms. The van der Waals surface area contributed by atoms with E-state index in [2.05, 4.69) is 44.3 Å². The Morgan fingerprint density at radius 3 is 2.80 bits per heavy atom. The minimum absolute atomic E-state index is 0.555. The Bertz CT molecular complexity index is 348. The predicted molar refractivity (Wildman–Crippen MR) is 67.5 cm³/mol. The molecule has 0 spiro atoms. The van der Waals surface area contributed by atoms with Gasteiger partial charge in [-0.2, -0.15) is 0 Å². The SMILES string of the molecule is CCNC1c2cc(C)ccc2SC1CC. The normalized spacial score (nSPS) is 24.2. The number of hydrogen-bond acceptors (Lipinski definition) is 2. The summed E-state index contributed by atoms with van der Waals surface area (Å²) < 4.78 is 0. The van der Waals surface area contributed by atoms with Gasteiger partial charge in [0.25, 0.3) is 0 Å². The molecule has 0 saturated carbocycles. The van der Waals surface area contributed by atoms with Gasteiger partial charge >= 0.3 is 0 Å². The smallest absolute Gasteiger partial charge is 0.0455 e. The lowest BCUT2D eigenvalue weighted by molar-refractivity contribution is 0.527. The molecule has 0 radical (unpaired) electrons. The molecule has 2 rings (SSSR count). The van der Waals surface area contributed by atoms with Gasteiger partial charge in [-0.25, -0.2) is 0 Å². The first-order valence-electron chi connectivity index (χ1n) is 5.76. The Hall–Kier alpha value is -0.470. The largest absolute Gasteiger partial charge is 0.309 e. The molecule has 1 aliphatic heterocycles. The summed E-state index contributed by atoms with van der Waals surface area (Å²) in [7, 11) is 0. The maximum absolute atomic E-state index is 3.61. The van der Waals surface area contributed by atoms with Crippen LogP contribution in [0, 0.1) is 6.92 Å². The predicted octanol–water partition coefficient (Wildman–Crippen LogP) is 3.53. The Kier molecular flexibility index (Phi) is 3.37. The van der Waals surface area contributed by atoms with Gasteiger partial charge in [0, 0.05) is 16.2 Å². The second-order valence-corrected chi connectivity index (χ2v) is 5.42. The van der Waals surface area contributed by atoms with E-state index in [-0.39, 0.29) is 0 Å². The number of hydrogen-bond donors (Lipinski definition) is 1. The van der Waals surface area contributed by atoms with Crippen molar-refractivity contribution in [1.29, 1.82) is 0 Å². The fourth-order valence-corrected chi connectivity index (χ4v) is 3.57. The molecule has 1 aromatic rings. The summed E-state index contributed by atoms with van der Waals surface area (Å²) >= 11 is 2.03. The van der Waals surface area contributed by atoms with Gasteiger partial charge in [0.15, 0.2) is 0 Å². The zero-order valence-electron chi connectivity index (χ0n) is 9.71. The van der Waals surface area contributed by atoms with E-state index < -0.39 is 0 Å².